The highest BCUT2D eigenvalue weighted by Crippen LogP contribution is 2.26. The number of halogens is 2. The summed E-state index contributed by atoms with van der Waals surface area (Å²) >= 11 is 1.85. The molecule has 0 saturated heterocycles. The number of benzene rings is 1. The standard InChI is InChI=1S/C14H13FIN3O3/c1-8(19-5-3-4-17-19)13(20)18-12-10(14(21)22-2)6-9(15)7-11(12)16/h3-8H,1-2H3,(H,18,20)/t8-/m0/s1. The van der Waals surface area contributed by atoms with Gasteiger partial charge in [-0.25, -0.2) is 9.18 Å². The van der Waals surface area contributed by atoms with Gasteiger partial charge in [0.05, 0.1) is 18.4 Å². The van der Waals surface area contributed by atoms with Crippen LogP contribution < -0.4 is 5.32 Å². The normalized spacial score (nSPS) is 11.8. The number of aromatic nitrogens is 2. The van der Waals surface area contributed by atoms with E-state index in [4.69, 9.17) is 0 Å². The summed E-state index contributed by atoms with van der Waals surface area (Å²) in [5, 5.41) is 6.63. The van der Waals surface area contributed by atoms with E-state index in [2.05, 4.69) is 15.2 Å². The number of carbonyl (C=O) groups excluding carboxylic acids is 2. The first-order valence-electron chi connectivity index (χ1n) is 6.31. The molecular formula is C14H13FIN3O3. The van der Waals surface area contributed by atoms with Crippen molar-refractivity contribution in [2.24, 2.45) is 0 Å². The second kappa shape index (κ2) is 6.86. The van der Waals surface area contributed by atoms with Crippen LogP contribution in [-0.4, -0.2) is 28.8 Å². The molecule has 8 heteroatoms. The molecule has 0 unspecified atom stereocenters. The molecule has 0 bridgehead atoms. The average Bonchev–Trinajstić information content (AvgIpc) is 3.02. The highest BCUT2D eigenvalue weighted by Gasteiger charge is 2.22. The zero-order valence-electron chi connectivity index (χ0n) is 11.8. The number of carbonyl (C=O) groups is 2. The Hall–Kier alpha value is -1.97. The molecule has 1 N–H and O–H groups in total. The highest BCUT2D eigenvalue weighted by molar-refractivity contribution is 14.1. The predicted molar refractivity (Wildman–Crippen MR) is 86.0 cm³/mol. The first-order chi connectivity index (χ1) is 10.4. The molecular weight excluding hydrogens is 404 g/mol. The zero-order valence-corrected chi connectivity index (χ0v) is 14.0. The number of nitrogens with zero attached hydrogens (tertiary/aromatic N) is 2. The molecule has 116 valence electrons. The maximum atomic E-state index is 13.5. The Labute approximate surface area is 139 Å². The van der Waals surface area contributed by atoms with Crippen molar-refractivity contribution in [2.75, 3.05) is 12.4 Å². The lowest BCUT2D eigenvalue weighted by Gasteiger charge is -2.16. The van der Waals surface area contributed by atoms with E-state index < -0.39 is 17.8 Å². The maximum absolute atomic E-state index is 13.5. The van der Waals surface area contributed by atoms with E-state index in [9.17, 15) is 14.0 Å². The summed E-state index contributed by atoms with van der Waals surface area (Å²) in [6, 6.07) is 3.37. The van der Waals surface area contributed by atoms with Crippen LogP contribution in [0.1, 0.15) is 23.3 Å². The Morgan fingerprint density at radius 1 is 1.45 bits per heavy atom. The van der Waals surface area contributed by atoms with Crippen LogP contribution in [-0.2, 0) is 9.53 Å². The molecule has 0 aliphatic heterocycles. The lowest BCUT2D eigenvalue weighted by molar-refractivity contribution is -0.119. The molecule has 0 aliphatic carbocycles. The summed E-state index contributed by atoms with van der Waals surface area (Å²) in [5.74, 6) is -1.68. The number of methoxy groups -OCH3 is 1. The monoisotopic (exact) mass is 417 g/mol. The minimum Gasteiger partial charge on any atom is -0.465 e. The van der Waals surface area contributed by atoms with E-state index in [0.717, 1.165) is 6.07 Å². The Balaban J connectivity index is 2.32. The lowest BCUT2D eigenvalue weighted by Crippen LogP contribution is -2.25. The summed E-state index contributed by atoms with van der Waals surface area (Å²) in [7, 11) is 1.19. The van der Waals surface area contributed by atoms with E-state index in [1.54, 1.807) is 25.4 Å². The second-order valence-corrected chi connectivity index (χ2v) is 5.62. The quantitative estimate of drug-likeness (QED) is 0.614. The topological polar surface area (TPSA) is 73.2 Å². The number of hydrogen-bond donors (Lipinski definition) is 1. The Morgan fingerprint density at radius 3 is 2.77 bits per heavy atom. The van der Waals surface area contributed by atoms with Crippen LogP contribution >= 0.6 is 22.6 Å². The van der Waals surface area contributed by atoms with Gasteiger partial charge in [0, 0.05) is 16.0 Å². The molecule has 2 aromatic rings. The summed E-state index contributed by atoms with van der Waals surface area (Å²) in [6.45, 7) is 1.66. The molecule has 1 heterocycles. The van der Waals surface area contributed by atoms with Crippen LogP contribution in [0.3, 0.4) is 0 Å². The Bertz CT molecular complexity index is 704. The van der Waals surface area contributed by atoms with Gasteiger partial charge in [0.1, 0.15) is 11.9 Å². The number of anilines is 1. The van der Waals surface area contributed by atoms with Crippen molar-refractivity contribution in [1.29, 1.82) is 0 Å². The molecule has 1 atom stereocenters. The van der Waals surface area contributed by atoms with E-state index in [0.29, 0.717) is 3.57 Å². The van der Waals surface area contributed by atoms with Crippen LogP contribution in [0.2, 0.25) is 0 Å². The van der Waals surface area contributed by atoms with E-state index in [1.807, 2.05) is 22.6 Å². The number of amides is 1. The fourth-order valence-corrected chi connectivity index (χ4v) is 2.55. The number of hydrogen-bond acceptors (Lipinski definition) is 4. The smallest absolute Gasteiger partial charge is 0.340 e. The first-order valence-corrected chi connectivity index (χ1v) is 7.39. The fourth-order valence-electron chi connectivity index (χ4n) is 1.83. The van der Waals surface area contributed by atoms with Gasteiger partial charge in [0.25, 0.3) is 0 Å². The van der Waals surface area contributed by atoms with Gasteiger partial charge in [-0.15, -0.1) is 0 Å². The minimum absolute atomic E-state index is 0.0343. The number of rotatable bonds is 4. The first kappa shape index (κ1) is 16.4. The third-order valence-corrected chi connectivity index (χ3v) is 3.86. The predicted octanol–water partition coefficient (Wildman–Crippen LogP) is 2.61. The molecule has 6 nitrogen and oxygen atoms in total. The van der Waals surface area contributed by atoms with Gasteiger partial charge in [-0.1, -0.05) is 0 Å². The molecule has 22 heavy (non-hydrogen) atoms. The van der Waals surface area contributed by atoms with Crippen molar-refractivity contribution < 1.29 is 18.7 Å². The van der Waals surface area contributed by atoms with Crippen molar-refractivity contribution in [3.05, 3.63) is 45.5 Å². The van der Waals surface area contributed by atoms with E-state index in [1.165, 1.54) is 17.9 Å². The van der Waals surface area contributed by atoms with Crippen LogP contribution in [0.4, 0.5) is 10.1 Å². The molecule has 0 aliphatic rings. The molecule has 2 rings (SSSR count). The van der Waals surface area contributed by atoms with Gasteiger partial charge in [-0.2, -0.15) is 5.10 Å². The van der Waals surface area contributed by atoms with Crippen molar-refractivity contribution in [3.8, 4) is 0 Å². The van der Waals surface area contributed by atoms with Gasteiger partial charge in [-0.3, -0.25) is 9.48 Å². The van der Waals surface area contributed by atoms with E-state index >= 15 is 0 Å². The molecule has 0 radical (unpaired) electrons. The van der Waals surface area contributed by atoms with Gasteiger partial charge in [-0.05, 0) is 47.7 Å². The van der Waals surface area contributed by atoms with Crippen molar-refractivity contribution in [3.63, 3.8) is 0 Å². The molecule has 0 spiro atoms. The van der Waals surface area contributed by atoms with Gasteiger partial charge in [0.15, 0.2) is 0 Å². The largest absolute Gasteiger partial charge is 0.465 e. The SMILES string of the molecule is COC(=O)c1cc(F)cc(I)c1NC(=O)[C@H](C)n1cccn1. The van der Waals surface area contributed by atoms with Gasteiger partial charge >= 0.3 is 5.97 Å². The highest BCUT2D eigenvalue weighted by atomic mass is 127. The molecule has 1 amide bonds. The van der Waals surface area contributed by atoms with Crippen LogP contribution in [0.5, 0.6) is 0 Å². The molecule has 0 fully saturated rings. The minimum atomic E-state index is -0.723. The molecule has 1 aromatic carbocycles. The van der Waals surface area contributed by atoms with Crippen LogP contribution in [0, 0.1) is 9.39 Å². The number of nitrogens with one attached hydrogen (secondary N) is 1. The van der Waals surface area contributed by atoms with Crippen LogP contribution in [0.15, 0.2) is 30.6 Å². The summed E-state index contributed by atoms with van der Waals surface area (Å²) in [5.41, 5.74) is 0.186. The third-order valence-electron chi connectivity index (χ3n) is 3.01. The summed E-state index contributed by atoms with van der Waals surface area (Å²) in [6.07, 6.45) is 3.21. The van der Waals surface area contributed by atoms with Gasteiger partial charge in [0.2, 0.25) is 5.91 Å². The van der Waals surface area contributed by atoms with Crippen LogP contribution in [0.25, 0.3) is 0 Å². The Kier molecular flexibility index (Phi) is 5.11. The van der Waals surface area contributed by atoms with E-state index in [-0.39, 0.29) is 17.2 Å². The molecule has 1 aromatic heterocycles. The Morgan fingerprint density at radius 2 is 2.18 bits per heavy atom. The van der Waals surface area contributed by atoms with Crippen molar-refractivity contribution >= 4 is 40.2 Å². The van der Waals surface area contributed by atoms with Crippen molar-refractivity contribution in [1.82, 2.24) is 9.78 Å². The zero-order chi connectivity index (χ0) is 16.3. The summed E-state index contributed by atoms with van der Waals surface area (Å²) < 4.78 is 20.0. The third kappa shape index (κ3) is 3.43. The number of ether oxygens (including phenoxy) is 1. The summed E-state index contributed by atoms with van der Waals surface area (Å²) in [4.78, 5) is 24.0. The van der Waals surface area contributed by atoms with Gasteiger partial charge < -0.3 is 10.1 Å². The second-order valence-electron chi connectivity index (χ2n) is 4.45. The average molecular weight is 417 g/mol. The maximum Gasteiger partial charge on any atom is 0.340 e. The lowest BCUT2D eigenvalue weighted by atomic mass is 10.1. The fraction of sp³-hybridized carbons (Fsp3) is 0.214. The van der Waals surface area contributed by atoms with Crippen molar-refractivity contribution in [2.45, 2.75) is 13.0 Å². The number of esters is 1. The molecule has 0 saturated carbocycles.